The normalized spacial score (nSPS) is 20.6. The highest BCUT2D eigenvalue weighted by molar-refractivity contribution is 8.01. The lowest BCUT2D eigenvalue weighted by molar-refractivity contribution is -0.115. The van der Waals surface area contributed by atoms with Crippen molar-refractivity contribution in [3.05, 3.63) is 27.9 Å². The molecule has 0 radical (unpaired) electrons. The quantitative estimate of drug-likeness (QED) is 0.839. The Kier molecular flexibility index (Phi) is 2.66. The summed E-state index contributed by atoms with van der Waals surface area (Å²) in [6.45, 7) is 0. The minimum atomic E-state index is 0.0699. The van der Waals surface area contributed by atoms with Crippen molar-refractivity contribution >= 4 is 45.5 Å². The van der Waals surface area contributed by atoms with Crippen LogP contribution >= 0.6 is 34.4 Å². The molecular formula is C9H7N3OS3. The Bertz CT molecular complexity index is 482. The van der Waals surface area contributed by atoms with Crippen molar-refractivity contribution in [2.75, 3.05) is 10.7 Å². The second kappa shape index (κ2) is 4.15. The smallest absolute Gasteiger partial charge is 0.240 e. The van der Waals surface area contributed by atoms with E-state index in [-0.39, 0.29) is 11.3 Å². The molecule has 2 aromatic heterocycles. The van der Waals surface area contributed by atoms with Crippen molar-refractivity contribution in [2.45, 2.75) is 5.37 Å². The molecule has 0 bridgehead atoms. The molecule has 2 aromatic rings. The summed E-state index contributed by atoms with van der Waals surface area (Å²) in [7, 11) is 0. The number of hydrogen-bond donors (Lipinski definition) is 0. The predicted octanol–water partition coefficient (Wildman–Crippen LogP) is 2.38. The van der Waals surface area contributed by atoms with Gasteiger partial charge >= 0.3 is 0 Å². The SMILES string of the molecule is O=C1CS[C@H](c2cccs2)N1c1nncs1. The van der Waals surface area contributed by atoms with Crippen molar-refractivity contribution < 1.29 is 4.79 Å². The van der Waals surface area contributed by atoms with Gasteiger partial charge in [-0.3, -0.25) is 9.69 Å². The largest absolute Gasteiger partial charge is 0.273 e. The van der Waals surface area contributed by atoms with Crippen LogP contribution in [0, 0.1) is 0 Å². The number of carbonyl (C=O) groups excluding carboxylic acids is 1. The maximum absolute atomic E-state index is 11.8. The molecule has 1 amide bonds. The van der Waals surface area contributed by atoms with Gasteiger partial charge in [0.05, 0.1) is 5.75 Å². The van der Waals surface area contributed by atoms with Crippen molar-refractivity contribution in [3.8, 4) is 0 Å². The topological polar surface area (TPSA) is 46.1 Å². The average molecular weight is 269 g/mol. The maximum Gasteiger partial charge on any atom is 0.240 e. The Balaban J connectivity index is 1.97. The summed E-state index contributed by atoms with van der Waals surface area (Å²) in [5, 5.41) is 10.5. The van der Waals surface area contributed by atoms with E-state index in [1.54, 1.807) is 33.5 Å². The van der Waals surface area contributed by atoms with E-state index < -0.39 is 0 Å². The zero-order chi connectivity index (χ0) is 11.0. The summed E-state index contributed by atoms with van der Waals surface area (Å²) in [5.74, 6) is 0.627. The molecule has 0 aliphatic carbocycles. The summed E-state index contributed by atoms with van der Waals surface area (Å²) in [4.78, 5) is 14.8. The molecule has 7 heteroatoms. The first-order valence-electron chi connectivity index (χ1n) is 4.59. The van der Waals surface area contributed by atoms with E-state index in [4.69, 9.17) is 0 Å². The summed E-state index contributed by atoms with van der Waals surface area (Å²) < 4.78 is 0. The number of hydrogen-bond acceptors (Lipinski definition) is 6. The van der Waals surface area contributed by atoms with Crippen LogP contribution in [0.3, 0.4) is 0 Å². The van der Waals surface area contributed by atoms with E-state index in [2.05, 4.69) is 16.3 Å². The van der Waals surface area contributed by atoms with Gasteiger partial charge in [-0.15, -0.1) is 33.3 Å². The van der Waals surface area contributed by atoms with Crippen LogP contribution in [0.2, 0.25) is 0 Å². The number of carbonyl (C=O) groups is 1. The molecule has 82 valence electrons. The molecule has 1 aliphatic heterocycles. The molecule has 3 rings (SSSR count). The lowest BCUT2D eigenvalue weighted by Crippen LogP contribution is -2.27. The van der Waals surface area contributed by atoms with Gasteiger partial charge in [0.2, 0.25) is 11.0 Å². The highest BCUT2D eigenvalue weighted by atomic mass is 32.2. The molecule has 4 nitrogen and oxygen atoms in total. The molecule has 3 heterocycles. The van der Waals surface area contributed by atoms with Gasteiger partial charge in [0, 0.05) is 4.88 Å². The first kappa shape index (κ1) is 10.2. The van der Waals surface area contributed by atoms with E-state index in [1.807, 2.05) is 11.4 Å². The van der Waals surface area contributed by atoms with Crippen LogP contribution in [0.4, 0.5) is 5.13 Å². The van der Waals surface area contributed by atoms with Crippen LogP contribution in [0.5, 0.6) is 0 Å². The molecule has 0 N–H and O–H groups in total. The van der Waals surface area contributed by atoms with E-state index >= 15 is 0 Å². The number of nitrogens with zero attached hydrogens (tertiary/aromatic N) is 3. The van der Waals surface area contributed by atoms with E-state index in [1.165, 1.54) is 16.2 Å². The molecule has 1 aliphatic rings. The van der Waals surface area contributed by atoms with Crippen molar-refractivity contribution in [2.24, 2.45) is 0 Å². The second-order valence-corrected chi connectivity index (χ2v) is 6.02. The third-order valence-corrected chi connectivity index (χ3v) is 5.17. The maximum atomic E-state index is 11.8. The fraction of sp³-hybridized carbons (Fsp3) is 0.222. The van der Waals surface area contributed by atoms with Crippen molar-refractivity contribution in [3.63, 3.8) is 0 Å². The van der Waals surface area contributed by atoms with Crippen LogP contribution in [-0.4, -0.2) is 21.9 Å². The van der Waals surface area contributed by atoms with Crippen LogP contribution in [0.25, 0.3) is 0 Å². The lowest BCUT2D eigenvalue weighted by Gasteiger charge is -2.19. The van der Waals surface area contributed by atoms with Crippen molar-refractivity contribution in [1.29, 1.82) is 0 Å². The summed E-state index contributed by atoms with van der Waals surface area (Å²) in [5.41, 5.74) is 1.65. The zero-order valence-electron chi connectivity index (χ0n) is 8.07. The fourth-order valence-electron chi connectivity index (χ4n) is 1.55. The Morgan fingerprint density at radius 2 is 2.38 bits per heavy atom. The van der Waals surface area contributed by atoms with E-state index in [0.717, 1.165) is 0 Å². The molecule has 1 fully saturated rings. The number of anilines is 1. The Morgan fingerprint density at radius 1 is 1.44 bits per heavy atom. The molecule has 0 spiro atoms. The van der Waals surface area contributed by atoms with Gasteiger partial charge in [-0.25, -0.2) is 0 Å². The monoisotopic (exact) mass is 269 g/mol. The van der Waals surface area contributed by atoms with Crippen LogP contribution in [0.15, 0.2) is 23.0 Å². The summed E-state index contributed by atoms with van der Waals surface area (Å²) in [6, 6.07) is 4.05. The average Bonchev–Trinajstić information content (AvgIpc) is 2.96. The molecule has 0 unspecified atom stereocenters. The highest BCUT2D eigenvalue weighted by Gasteiger charge is 2.36. The van der Waals surface area contributed by atoms with Gasteiger partial charge < -0.3 is 0 Å². The molecule has 16 heavy (non-hydrogen) atoms. The third kappa shape index (κ3) is 1.64. The van der Waals surface area contributed by atoms with Crippen molar-refractivity contribution in [1.82, 2.24) is 10.2 Å². The van der Waals surface area contributed by atoms with Gasteiger partial charge in [0.15, 0.2) is 0 Å². The summed E-state index contributed by atoms with van der Waals surface area (Å²) in [6.07, 6.45) is 0. The molecule has 1 saturated heterocycles. The second-order valence-electron chi connectivity index (χ2n) is 3.16. The predicted molar refractivity (Wildman–Crippen MR) is 66.9 cm³/mol. The first-order chi connectivity index (χ1) is 7.86. The minimum Gasteiger partial charge on any atom is -0.273 e. The first-order valence-corrected chi connectivity index (χ1v) is 7.40. The Labute approximate surface area is 104 Å². The van der Waals surface area contributed by atoms with E-state index in [9.17, 15) is 4.79 Å². The number of thioether (sulfide) groups is 1. The van der Waals surface area contributed by atoms with Crippen LogP contribution in [-0.2, 0) is 4.79 Å². The number of amides is 1. The molecular weight excluding hydrogens is 262 g/mol. The van der Waals surface area contributed by atoms with E-state index in [0.29, 0.717) is 10.9 Å². The van der Waals surface area contributed by atoms with Gasteiger partial charge in [-0.2, -0.15) is 0 Å². The Hall–Kier alpha value is -0.920. The van der Waals surface area contributed by atoms with Crippen LogP contribution in [0.1, 0.15) is 10.3 Å². The number of aromatic nitrogens is 2. The zero-order valence-corrected chi connectivity index (χ0v) is 10.5. The molecule has 0 saturated carbocycles. The van der Waals surface area contributed by atoms with Gasteiger partial charge in [-0.05, 0) is 11.4 Å². The van der Waals surface area contributed by atoms with Crippen LogP contribution < -0.4 is 4.90 Å². The minimum absolute atomic E-state index is 0.0699. The lowest BCUT2D eigenvalue weighted by atomic mass is 10.4. The third-order valence-electron chi connectivity index (χ3n) is 2.21. The highest BCUT2D eigenvalue weighted by Crippen LogP contribution is 2.43. The molecule has 0 aromatic carbocycles. The number of thiophene rings is 1. The molecule has 1 atom stereocenters. The standard InChI is InChI=1S/C9H7N3OS3/c13-7-4-15-8(6-2-1-3-14-6)12(7)9-11-10-5-16-9/h1-3,5,8H,4H2/t8-/m1/s1. The number of rotatable bonds is 2. The van der Waals surface area contributed by atoms with Gasteiger partial charge in [0.1, 0.15) is 10.9 Å². The summed E-state index contributed by atoms with van der Waals surface area (Å²) >= 11 is 4.70. The fourth-order valence-corrected chi connectivity index (χ4v) is 4.33. The Morgan fingerprint density at radius 3 is 3.06 bits per heavy atom. The van der Waals surface area contributed by atoms with Gasteiger partial charge in [-0.1, -0.05) is 17.4 Å². The van der Waals surface area contributed by atoms with Gasteiger partial charge in [0.25, 0.3) is 0 Å².